The monoisotopic (exact) mass is 717 g/mol. The van der Waals surface area contributed by atoms with E-state index in [9.17, 15) is 0 Å². The van der Waals surface area contributed by atoms with Crippen molar-refractivity contribution in [2.75, 3.05) is 0 Å². The molecule has 0 aliphatic heterocycles. The standard InChI is InChI=1S/C51H31N3S/c1-51(2)37-18-8-7-15-33(37)34-23-21-29(27-38(34)51)49-44-30-12-4-3-11-28(30)22-24-39(44)52-50(53-49)54-40-19-9-16-35-31-13-5-6-14-32(31)36-17-10-20-42-46(36)48-43(55-42)26-25-41(54)47(48)45(35)40/h3-27H,1-2H3. The summed E-state index contributed by atoms with van der Waals surface area (Å²) in [7, 11) is 0. The summed E-state index contributed by atoms with van der Waals surface area (Å²) in [6, 6.07) is 55.9. The van der Waals surface area contributed by atoms with Crippen LogP contribution in [0.5, 0.6) is 0 Å². The molecule has 55 heavy (non-hydrogen) atoms. The van der Waals surface area contributed by atoms with Gasteiger partial charge in [-0.05, 0) is 91.0 Å². The van der Waals surface area contributed by atoms with E-state index in [2.05, 4.69) is 170 Å². The van der Waals surface area contributed by atoms with Crippen LogP contribution in [0, 0.1) is 0 Å². The zero-order chi connectivity index (χ0) is 36.2. The first-order valence-corrected chi connectivity index (χ1v) is 19.8. The summed E-state index contributed by atoms with van der Waals surface area (Å²) in [5.74, 6) is 0.685. The van der Waals surface area contributed by atoms with E-state index in [-0.39, 0.29) is 5.41 Å². The molecule has 0 spiro atoms. The van der Waals surface area contributed by atoms with Crippen LogP contribution < -0.4 is 0 Å². The first-order chi connectivity index (χ1) is 27.0. The summed E-state index contributed by atoms with van der Waals surface area (Å²) in [4.78, 5) is 11.2. The second-order valence-electron chi connectivity index (χ2n) is 15.7. The number of hydrogen-bond donors (Lipinski definition) is 0. The van der Waals surface area contributed by atoms with Crippen LogP contribution in [0.4, 0.5) is 0 Å². The smallest absolute Gasteiger partial charge is 0.235 e. The Hall–Kier alpha value is -6.62. The van der Waals surface area contributed by atoms with Crippen LogP contribution in [0.15, 0.2) is 152 Å². The first-order valence-electron chi connectivity index (χ1n) is 19.0. The maximum absolute atomic E-state index is 5.68. The highest BCUT2D eigenvalue weighted by Crippen LogP contribution is 2.51. The Morgan fingerprint density at radius 2 is 1.16 bits per heavy atom. The Balaban J connectivity index is 1.19. The molecule has 9 aromatic carbocycles. The van der Waals surface area contributed by atoms with E-state index >= 15 is 0 Å². The van der Waals surface area contributed by atoms with Gasteiger partial charge in [0.05, 0.1) is 22.2 Å². The van der Waals surface area contributed by atoms with Crippen molar-refractivity contribution in [1.29, 1.82) is 0 Å². The Morgan fingerprint density at radius 3 is 2.04 bits per heavy atom. The highest BCUT2D eigenvalue weighted by atomic mass is 32.1. The minimum absolute atomic E-state index is 0.130. The Kier molecular flexibility index (Phi) is 5.59. The molecule has 3 nitrogen and oxygen atoms in total. The predicted molar refractivity (Wildman–Crippen MR) is 233 cm³/mol. The van der Waals surface area contributed by atoms with Crippen molar-refractivity contribution in [3.8, 4) is 28.3 Å². The highest BCUT2D eigenvalue weighted by Gasteiger charge is 2.35. The molecule has 3 heterocycles. The number of thiophene rings is 1. The predicted octanol–water partition coefficient (Wildman–Crippen LogP) is 14.0. The van der Waals surface area contributed by atoms with Crippen LogP contribution in [-0.2, 0) is 5.41 Å². The van der Waals surface area contributed by atoms with E-state index in [0.29, 0.717) is 5.95 Å². The molecule has 256 valence electrons. The van der Waals surface area contributed by atoms with Crippen LogP contribution in [0.1, 0.15) is 25.0 Å². The van der Waals surface area contributed by atoms with Crippen molar-refractivity contribution in [2.24, 2.45) is 0 Å². The number of rotatable bonds is 2. The van der Waals surface area contributed by atoms with Crippen LogP contribution in [0.3, 0.4) is 0 Å². The fraction of sp³-hybridized carbons (Fsp3) is 0.0588. The summed E-state index contributed by atoms with van der Waals surface area (Å²) in [5.41, 5.74) is 10.4. The third-order valence-corrected chi connectivity index (χ3v) is 13.7. The molecule has 0 amide bonds. The lowest BCUT2D eigenvalue weighted by Gasteiger charge is -2.22. The van der Waals surface area contributed by atoms with E-state index in [1.165, 1.54) is 80.1 Å². The SMILES string of the molecule is CC1(C)c2ccccc2-c2ccc(-c3nc(-n4c5cccc6c7ccccc7c7cccc8sc9ccc4c(c9c87)c65)nc4ccc5ccccc5c34)cc21. The van der Waals surface area contributed by atoms with Gasteiger partial charge in [0.25, 0.3) is 0 Å². The van der Waals surface area contributed by atoms with E-state index in [1.54, 1.807) is 0 Å². The summed E-state index contributed by atoms with van der Waals surface area (Å²) in [6.07, 6.45) is 0. The van der Waals surface area contributed by atoms with Gasteiger partial charge in [-0.15, -0.1) is 11.3 Å². The zero-order valence-electron chi connectivity index (χ0n) is 30.2. The van der Waals surface area contributed by atoms with E-state index < -0.39 is 0 Å². The van der Waals surface area contributed by atoms with Crippen molar-refractivity contribution in [2.45, 2.75) is 19.3 Å². The molecule has 12 aromatic rings. The number of benzene rings is 8. The third-order valence-electron chi connectivity index (χ3n) is 12.6. The number of nitrogens with zero attached hydrogens (tertiary/aromatic N) is 3. The maximum atomic E-state index is 5.68. The molecule has 1 aliphatic rings. The van der Waals surface area contributed by atoms with E-state index in [4.69, 9.17) is 9.97 Å². The molecule has 0 N–H and O–H groups in total. The summed E-state index contributed by atoms with van der Waals surface area (Å²) in [6.45, 7) is 4.70. The average Bonchev–Trinajstić information content (AvgIpc) is 3.85. The molecule has 1 aliphatic carbocycles. The van der Waals surface area contributed by atoms with Crippen molar-refractivity contribution in [1.82, 2.24) is 14.5 Å². The van der Waals surface area contributed by atoms with E-state index in [0.717, 1.165) is 38.6 Å². The Morgan fingerprint density at radius 1 is 0.473 bits per heavy atom. The van der Waals surface area contributed by atoms with Gasteiger partial charge in [-0.3, -0.25) is 4.57 Å². The Bertz CT molecular complexity index is 3640. The fourth-order valence-electron chi connectivity index (χ4n) is 10.1. The fourth-order valence-corrected chi connectivity index (χ4v) is 11.3. The lowest BCUT2D eigenvalue weighted by Crippen LogP contribution is -2.15. The van der Waals surface area contributed by atoms with Gasteiger partial charge in [0.15, 0.2) is 0 Å². The van der Waals surface area contributed by atoms with Crippen molar-refractivity contribution in [3.63, 3.8) is 0 Å². The average molecular weight is 718 g/mol. The highest BCUT2D eigenvalue weighted by molar-refractivity contribution is 7.26. The first kappa shape index (κ1) is 29.8. The summed E-state index contributed by atoms with van der Waals surface area (Å²) in [5, 5.41) is 13.7. The normalized spacial score (nSPS) is 13.8. The molecule has 13 rings (SSSR count). The lowest BCUT2D eigenvalue weighted by molar-refractivity contribution is 0.660. The third kappa shape index (κ3) is 3.75. The number of hydrogen-bond acceptors (Lipinski definition) is 3. The molecule has 3 aromatic heterocycles. The van der Waals surface area contributed by atoms with Crippen molar-refractivity contribution < 1.29 is 0 Å². The van der Waals surface area contributed by atoms with Crippen LogP contribution >= 0.6 is 11.3 Å². The number of fused-ring (bicyclic) bond motifs is 9. The molecule has 0 fully saturated rings. The molecule has 0 unspecified atom stereocenters. The Labute approximate surface area is 320 Å². The topological polar surface area (TPSA) is 30.7 Å². The summed E-state index contributed by atoms with van der Waals surface area (Å²) < 4.78 is 4.95. The molecule has 0 bridgehead atoms. The maximum Gasteiger partial charge on any atom is 0.235 e. The molecular formula is C51H31N3S. The van der Waals surface area contributed by atoms with Gasteiger partial charge >= 0.3 is 0 Å². The molecule has 0 saturated heterocycles. The molecule has 0 saturated carbocycles. The largest absolute Gasteiger partial charge is 0.278 e. The van der Waals surface area contributed by atoms with Crippen LogP contribution in [0.25, 0.3) is 114 Å². The van der Waals surface area contributed by atoms with Gasteiger partial charge in [-0.25, -0.2) is 9.97 Å². The minimum atomic E-state index is -0.130. The summed E-state index contributed by atoms with van der Waals surface area (Å²) >= 11 is 1.88. The van der Waals surface area contributed by atoms with Gasteiger partial charge in [0, 0.05) is 47.3 Å². The van der Waals surface area contributed by atoms with Gasteiger partial charge in [0.2, 0.25) is 5.95 Å². The van der Waals surface area contributed by atoms with Crippen molar-refractivity contribution in [3.05, 3.63) is 163 Å². The van der Waals surface area contributed by atoms with Gasteiger partial charge < -0.3 is 0 Å². The second kappa shape index (κ2) is 10.3. The van der Waals surface area contributed by atoms with Crippen LogP contribution in [0.2, 0.25) is 0 Å². The lowest BCUT2D eigenvalue weighted by atomic mass is 9.81. The quantitative estimate of drug-likeness (QED) is 0.167. The minimum Gasteiger partial charge on any atom is -0.278 e. The molecule has 4 heteroatoms. The molecule has 0 atom stereocenters. The van der Waals surface area contributed by atoms with Gasteiger partial charge in [-0.2, -0.15) is 0 Å². The van der Waals surface area contributed by atoms with E-state index in [1.807, 2.05) is 11.3 Å². The molecule has 0 radical (unpaired) electrons. The van der Waals surface area contributed by atoms with Gasteiger partial charge in [0.1, 0.15) is 0 Å². The molecular weight excluding hydrogens is 687 g/mol. The van der Waals surface area contributed by atoms with Crippen molar-refractivity contribution >= 4 is 96.5 Å². The second-order valence-corrected chi connectivity index (χ2v) is 16.8. The zero-order valence-corrected chi connectivity index (χ0v) is 31.0. The van der Waals surface area contributed by atoms with Gasteiger partial charge in [-0.1, -0.05) is 129 Å². The number of aromatic nitrogens is 3. The van der Waals surface area contributed by atoms with Crippen LogP contribution in [-0.4, -0.2) is 14.5 Å².